The molecule has 0 atom stereocenters. The summed E-state index contributed by atoms with van der Waals surface area (Å²) in [5.74, 6) is 0.106. The SMILES string of the molecule is COc1c(C)cccc1C(=O)Nc1cc(Cl)c([N+](=O)[O-])cc1C. The minimum absolute atomic E-state index is 0.0351. The summed E-state index contributed by atoms with van der Waals surface area (Å²) >= 11 is 5.89. The molecule has 0 radical (unpaired) electrons. The van der Waals surface area contributed by atoms with E-state index in [1.165, 1.54) is 19.2 Å². The minimum atomic E-state index is -0.565. The number of rotatable bonds is 4. The summed E-state index contributed by atoms with van der Waals surface area (Å²) in [4.78, 5) is 22.8. The van der Waals surface area contributed by atoms with E-state index in [0.717, 1.165) is 5.56 Å². The van der Waals surface area contributed by atoms with Gasteiger partial charge in [0.05, 0.1) is 17.6 Å². The lowest BCUT2D eigenvalue weighted by Crippen LogP contribution is -2.14. The zero-order valence-corrected chi connectivity index (χ0v) is 13.6. The predicted molar refractivity (Wildman–Crippen MR) is 88.5 cm³/mol. The summed E-state index contributed by atoms with van der Waals surface area (Å²) in [6.07, 6.45) is 0. The Hall–Kier alpha value is -2.60. The van der Waals surface area contributed by atoms with E-state index in [9.17, 15) is 14.9 Å². The minimum Gasteiger partial charge on any atom is -0.496 e. The number of hydrogen-bond acceptors (Lipinski definition) is 4. The molecule has 2 aromatic rings. The van der Waals surface area contributed by atoms with Gasteiger partial charge in [-0.05, 0) is 37.1 Å². The number of ether oxygens (including phenoxy) is 1. The zero-order valence-electron chi connectivity index (χ0n) is 12.8. The second-order valence-corrected chi connectivity index (χ2v) is 5.39. The van der Waals surface area contributed by atoms with Crippen LogP contribution in [-0.2, 0) is 0 Å². The Labute approximate surface area is 138 Å². The van der Waals surface area contributed by atoms with Crippen molar-refractivity contribution in [2.24, 2.45) is 0 Å². The zero-order chi connectivity index (χ0) is 17.1. The Morgan fingerprint density at radius 2 is 1.96 bits per heavy atom. The summed E-state index contributed by atoms with van der Waals surface area (Å²) in [6, 6.07) is 7.93. The fourth-order valence-electron chi connectivity index (χ4n) is 2.23. The molecule has 2 rings (SSSR count). The van der Waals surface area contributed by atoms with Crippen molar-refractivity contribution in [3.8, 4) is 5.75 Å². The summed E-state index contributed by atoms with van der Waals surface area (Å²) in [5.41, 5.74) is 1.96. The molecule has 0 aromatic heterocycles. The van der Waals surface area contributed by atoms with E-state index >= 15 is 0 Å². The molecular formula is C16H15ClN2O4. The number of carbonyl (C=O) groups excluding carboxylic acids is 1. The average Bonchev–Trinajstić information content (AvgIpc) is 2.49. The van der Waals surface area contributed by atoms with Crippen molar-refractivity contribution in [2.75, 3.05) is 12.4 Å². The maximum Gasteiger partial charge on any atom is 0.288 e. The highest BCUT2D eigenvalue weighted by molar-refractivity contribution is 6.33. The summed E-state index contributed by atoms with van der Waals surface area (Å²) in [6.45, 7) is 3.50. The van der Waals surface area contributed by atoms with Gasteiger partial charge in [0, 0.05) is 11.8 Å². The number of anilines is 1. The summed E-state index contributed by atoms with van der Waals surface area (Å²) in [7, 11) is 1.49. The molecule has 0 fully saturated rings. The van der Waals surface area contributed by atoms with Crippen LogP contribution >= 0.6 is 11.6 Å². The molecule has 0 aliphatic carbocycles. The largest absolute Gasteiger partial charge is 0.496 e. The number of aryl methyl sites for hydroxylation is 2. The first-order valence-electron chi connectivity index (χ1n) is 6.74. The van der Waals surface area contributed by atoms with Crippen molar-refractivity contribution in [1.82, 2.24) is 0 Å². The van der Waals surface area contributed by atoms with Gasteiger partial charge < -0.3 is 10.1 Å². The molecule has 0 aliphatic heterocycles. The standard InChI is InChI=1S/C16H15ClN2O4/c1-9-5-4-6-11(15(9)23-3)16(20)18-13-8-12(17)14(19(21)22)7-10(13)2/h4-8H,1-3H3,(H,18,20). The smallest absolute Gasteiger partial charge is 0.288 e. The van der Waals surface area contributed by atoms with E-state index in [1.807, 2.05) is 13.0 Å². The van der Waals surface area contributed by atoms with Gasteiger partial charge in [-0.25, -0.2) is 0 Å². The molecule has 7 heteroatoms. The van der Waals surface area contributed by atoms with Crippen molar-refractivity contribution in [3.05, 3.63) is 62.2 Å². The number of benzene rings is 2. The Kier molecular flexibility index (Phi) is 4.86. The quantitative estimate of drug-likeness (QED) is 0.673. The van der Waals surface area contributed by atoms with Crippen LogP contribution in [-0.4, -0.2) is 17.9 Å². The second-order valence-electron chi connectivity index (χ2n) is 4.99. The van der Waals surface area contributed by atoms with Gasteiger partial charge in [0.25, 0.3) is 11.6 Å². The van der Waals surface area contributed by atoms with Crippen LogP contribution in [0.25, 0.3) is 0 Å². The molecule has 0 saturated heterocycles. The van der Waals surface area contributed by atoms with Gasteiger partial charge in [-0.15, -0.1) is 0 Å². The third kappa shape index (κ3) is 3.43. The van der Waals surface area contributed by atoms with Gasteiger partial charge in [0.15, 0.2) is 0 Å². The lowest BCUT2D eigenvalue weighted by molar-refractivity contribution is -0.384. The first-order chi connectivity index (χ1) is 10.8. The number of para-hydroxylation sites is 1. The Balaban J connectivity index is 2.37. The maximum atomic E-state index is 12.5. The maximum absolute atomic E-state index is 12.5. The van der Waals surface area contributed by atoms with Gasteiger partial charge in [-0.1, -0.05) is 23.7 Å². The van der Waals surface area contributed by atoms with Crippen molar-refractivity contribution >= 4 is 28.9 Å². The number of hydrogen-bond donors (Lipinski definition) is 1. The van der Waals surface area contributed by atoms with Crippen LogP contribution in [0.15, 0.2) is 30.3 Å². The van der Waals surface area contributed by atoms with Crippen LogP contribution in [0.3, 0.4) is 0 Å². The molecule has 0 bridgehead atoms. The van der Waals surface area contributed by atoms with Gasteiger partial charge >= 0.3 is 0 Å². The molecule has 1 N–H and O–H groups in total. The van der Waals surface area contributed by atoms with Crippen LogP contribution in [0.5, 0.6) is 5.75 Å². The number of carbonyl (C=O) groups is 1. The molecule has 0 saturated carbocycles. The van der Waals surface area contributed by atoms with Crippen molar-refractivity contribution in [2.45, 2.75) is 13.8 Å². The van der Waals surface area contributed by atoms with Crippen molar-refractivity contribution in [3.63, 3.8) is 0 Å². The third-order valence-electron chi connectivity index (χ3n) is 3.40. The molecule has 0 unspecified atom stereocenters. The van der Waals surface area contributed by atoms with Gasteiger partial charge in [-0.3, -0.25) is 14.9 Å². The first kappa shape index (κ1) is 16.8. The molecule has 2 aromatic carbocycles. The predicted octanol–water partition coefficient (Wildman–Crippen LogP) is 4.13. The van der Waals surface area contributed by atoms with Crippen LogP contribution in [0.4, 0.5) is 11.4 Å². The molecule has 120 valence electrons. The van der Waals surface area contributed by atoms with Crippen molar-refractivity contribution < 1.29 is 14.5 Å². The van der Waals surface area contributed by atoms with E-state index in [1.54, 1.807) is 19.1 Å². The number of amides is 1. The molecular weight excluding hydrogens is 320 g/mol. The number of nitrogens with one attached hydrogen (secondary N) is 1. The Morgan fingerprint density at radius 1 is 1.26 bits per heavy atom. The fraction of sp³-hybridized carbons (Fsp3) is 0.188. The van der Waals surface area contributed by atoms with Crippen LogP contribution in [0.2, 0.25) is 5.02 Å². The van der Waals surface area contributed by atoms with Crippen molar-refractivity contribution in [1.29, 1.82) is 0 Å². The molecule has 23 heavy (non-hydrogen) atoms. The van der Waals surface area contributed by atoms with E-state index in [2.05, 4.69) is 5.32 Å². The Bertz CT molecular complexity index is 790. The highest BCUT2D eigenvalue weighted by Crippen LogP contribution is 2.31. The highest BCUT2D eigenvalue weighted by atomic mass is 35.5. The molecule has 1 amide bonds. The topological polar surface area (TPSA) is 81.5 Å². The van der Waals surface area contributed by atoms with Crippen LogP contribution in [0.1, 0.15) is 21.5 Å². The normalized spacial score (nSPS) is 10.3. The number of nitrogens with zero attached hydrogens (tertiary/aromatic N) is 1. The number of halogens is 1. The summed E-state index contributed by atoms with van der Waals surface area (Å²) < 4.78 is 5.26. The molecule has 0 spiro atoms. The van der Waals surface area contributed by atoms with E-state index in [0.29, 0.717) is 22.6 Å². The molecule has 0 aliphatic rings. The van der Waals surface area contributed by atoms with Gasteiger partial charge in [0.2, 0.25) is 0 Å². The fourth-order valence-corrected chi connectivity index (χ4v) is 2.47. The van der Waals surface area contributed by atoms with E-state index in [-0.39, 0.29) is 16.6 Å². The van der Waals surface area contributed by atoms with E-state index < -0.39 is 4.92 Å². The highest BCUT2D eigenvalue weighted by Gasteiger charge is 2.18. The Morgan fingerprint density at radius 3 is 2.57 bits per heavy atom. The third-order valence-corrected chi connectivity index (χ3v) is 3.70. The number of nitro groups is 1. The number of nitro benzene ring substituents is 1. The molecule has 6 nitrogen and oxygen atoms in total. The summed E-state index contributed by atoms with van der Waals surface area (Å²) in [5, 5.41) is 13.5. The first-order valence-corrected chi connectivity index (χ1v) is 7.12. The van der Waals surface area contributed by atoms with Crippen LogP contribution in [0, 0.1) is 24.0 Å². The lowest BCUT2D eigenvalue weighted by Gasteiger charge is -2.13. The number of methoxy groups -OCH3 is 1. The van der Waals surface area contributed by atoms with E-state index in [4.69, 9.17) is 16.3 Å². The monoisotopic (exact) mass is 334 g/mol. The average molecular weight is 335 g/mol. The second kappa shape index (κ2) is 6.66. The van der Waals surface area contributed by atoms with Crippen LogP contribution < -0.4 is 10.1 Å². The van der Waals surface area contributed by atoms with Gasteiger partial charge in [0.1, 0.15) is 10.8 Å². The molecule has 0 heterocycles. The lowest BCUT2D eigenvalue weighted by atomic mass is 10.1. The van der Waals surface area contributed by atoms with Gasteiger partial charge in [-0.2, -0.15) is 0 Å².